The molecule has 0 radical (unpaired) electrons. The second kappa shape index (κ2) is 5.64. The van der Waals surface area contributed by atoms with Crippen molar-refractivity contribution in [1.29, 1.82) is 0 Å². The van der Waals surface area contributed by atoms with Crippen molar-refractivity contribution in [3.8, 4) is 28.3 Å². The number of hydrogen-bond acceptors (Lipinski definition) is 3. The third-order valence-corrected chi connectivity index (χ3v) is 4.94. The maximum Gasteiger partial charge on any atom is 0.187 e. The van der Waals surface area contributed by atoms with Gasteiger partial charge in [0, 0.05) is 11.8 Å². The van der Waals surface area contributed by atoms with Crippen molar-refractivity contribution in [1.82, 2.24) is 24.3 Å². The highest BCUT2D eigenvalue weighted by atomic mass is 79.9. The number of pyridine rings is 1. The first-order chi connectivity index (χ1) is 12.7. The van der Waals surface area contributed by atoms with E-state index in [4.69, 9.17) is 6.57 Å². The van der Waals surface area contributed by atoms with E-state index in [0.717, 1.165) is 38.6 Å². The molecule has 124 valence electrons. The minimum absolute atomic E-state index is 0.636. The van der Waals surface area contributed by atoms with Gasteiger partial charge in [0.05, 0.1) is 30.2 Å². The molecule has 0 unspecified atom stereocenters. The van der Waals surface area contributed by atoms with Gasteiger partial charge in [-0.25, -0.2) is 9.83 Å². The normalized spacial score (nSPS) is 11.8. The molecule has 0 amide bonds. The van der Waals surface area contributed by atoms with Crippen LogP contribution in [0.15, 0.2) is 59.6 Å². The van der Waals surface area contributed by atoms with Crippen LogP contribution in [0, 0.1) is 6.57 Å². The van der Waals surface area contributed by atoms with E-state index in [1.165, 1.54) is 0 Å². The van der Waals surface area contributed by atoms with Crippen molar-refractivity contribution in [2.45, 2.75) is 6.54 Å². The van der Waals surface area contributed by atoms with Crippen LogP contribution in [0.1, 0.15) is 5.69 Å². The van der Waals surface area contributed by atoms with Crippen LogP contribution in [0.25, 0.3) is 33.2 Å². The first-order valence-corrected chi connectivity index (χ1v) is 8.76. The molecule has 6 nitrogen and oxygen atoms in total. The van der Waals surface area contributed by atoms with Gasteiger partial charge in [-0.2, -0.15) is 0 Å². The molecule has 0 saturated heterocycles. The van der Waals surface area contributed by atoms with E-state index in [-0.39, 0.29) is 0 Å². The van der Waals surface area contributed by atoms with E-state index >= 15 is 0 Å². The molecule has 0 fully saturated rings. The van der Waals surface area contributed by atoms with Gasteiger partial charge in [0.15, 0.2) is 11.5 Å². The lowest BCUT2D eigenvalue weighted by atomic mass is 10.1. The first kappa shape index (κ1) is 15.0. The Morgan fingerprint density at radius 2 is 1.92 bits per heavy atom. The highest BCUT2D eigenvalue weighted by Crippen LogP contribution is 2.33. The maximum absolute atomic E-state index is 7.09. The van der Waals surface area contributed by atoms with Crippen LogP contribution in [-0.4, -0.2) is 24.3 Å². The van der Waals surface area contributed by atoms with Crippen molar-refractivity contribution in [3.05, 3.63) is 76.7 Å². The molecular formula is C19H11BrN6. The third-order valence-electron chi connectivity index (χ3n) is 4.50. The van der Waals surface area contributed by atoms with Crippen LogP contribution in [0.3, 0.4) is 0 Å². The Labute approximate surface area is 157 Å². The quantitative estimate of drug-likeness (QED) is 0.307. The standard InChI is InChI=1S/C19H11BrN6/c1-21-14-4-2-12(3-5-14)13-8-17-19-24-22-11-26(19)16-6-7-18(20)23-15(16)10-25(17)9-13/h2-9,11H,10H2. The van der Waals surface area contributed by atoms with Crippen molar-refractivity contribution >= 4 is 21.6 Å². The Bertz CT molecular complexity index is 1180. The van der Waals surface area contributed by atoms with Gasteiger partial charge >= 0.3 is 0 Å². The van der Waals surface area contributed by atoms with Gasteiger partial charge in [-0.05, 0) is 39.7 Å². The van der Waals surface area contributed by atoms with E-state index in [1.807, 2.05) is 41.0 Å². The molecule has 1 aromatic carbocycles. The Morgan fingerprint density at radius 1 is 1.08 bits per heavy atom. The van der Waals surface area contributed by atoms with Gasteiger partial charge in [0.1, 0.15) is 10.9 Å². The number of benzene rings is 1. The third kappa shape index (κ3) is 2.27. The fourth-order valence-corrected chi connectivity index (χ4v) is 3.61. The number of hydrogen-bond donors (Lipinski definition) is 0. The Morgan fingerprint density at radius 3 is 2.73 bits per heavy atom. The summed E-state index contributed by atoms with van der Waals surface area (Å²) in [7, 11) is 0. The first-order valence-electron chi connectivity index (χ1n) is 7.97. The zero-order valence-electron chi connectivity index (χ0n) is 13.5. The van der Waals surface area contributed by atoms with Crippen LogP contribution in [-0.2, 0) is 6.54 Å². The van der Waals surface area contributed by atoms with Crippen LogP contribution < -0.4 is 0 Å². The molecule has 0 N–H and O–H groups in total. The van der Waals surface area contributed by atoms with Crippen molar-refractivity contribution in [3.63, 3.8) is 0 Å². The summed E-state index contributed by atoms with van der Waals surface area (Å²) in [5, 5.41) is 8.42. The average Bonchev–Trinajstić information content (AvgIpc) is 3.27. The molecule has 4 aromatic rings. The zero-order valence-corrected chi connectivity index (χ0v) is 15.1. The molecule has 0 atom stereocenters. The number of aromatic nitrogens is 5. The summed E-state index contributed by atoms with van der Waals surface area (Å²) in [4.78, 5) is 8.09. The monoisotopic (exact) mass is 402 g/mol. The number of rotatable bonds is 1. The van der Waals surface area contributed by atoms with Gasteiger partial charge in [0.2, 0.25) is 0 Å². The Hall–Kier alpha value is -3.24. The molecule has 5 rings (SSSR count). The largest absolute Gasteiger partial charge is 0.338 e. The van der Waals surface area contributed by atoms with Crippen molar-refractivity contribution in [2.24, 2.45) is 0 Å². The fourth-order valence-electron chi connectivity index (χ4n) is 3.27. The van der Waals surface area contributed by atoms with Crippen LogP contribution >= 0.6 is 15.9 Å². The predicted octanol–water partition coefficient (Wildman–Crippen LogP) is 4.47. The molecule has 0 spiro atoms. The minimum atomic E-state index is 0.636. The van der Waals surface area contributed by atoms with E-state index in [2.05, 4.69) is 52.8 Å². The van der Waals surface area contributed by atoms with E-state index in [9.17, 15) is 0 Å². The fraction of sp³-hybridized carbons (Fsp3) is 0.0526. The highest BCUT2D eigenvalue weighted by Gasteiger charge is 2.22. The van der Waals surface area contributed by atoms with Gasteiger partial charge in [-0.1, -0.05) is 24.3 Å². The molecule has 26 heavy (non-hydrogen) atoms. The van der Waals surface area contributed by atoms with Crippen molar-refractivity contribution < 1.29 is 0 Å². The van der Waals surface area contributed by atoms with Crippen LogP contribution in [0.4, 0.5) is 5.69 Å². The summed E-state index contributed by atoms with van der Waals surface area (Å²) in [6, 6.07) is 13.7. The molecule has 3 aromatic heterocycles. The molecule has 1 aliphatic heterocycles. The highest BCUT2D eigenvalue weighted by molar-refractivity contribution is 9.10. The van der Waals surface area contributed by atoms with Crippen molar-refractivity contribution in [2.75, 3.05) is 0 Å². The van der Waals surface area contributed by atoms with Gasteiger partial charge in [0.25, 0.3) is 0 Å². The van der Waals surface area contributed by atoms with Crippen LogP contribution in [0.2, 0.25) is 0 Å². The molecule has 0 aliphatic carbocycles. The average molecular weight is 403 g/mol. The Kier molecular flexibility index (Phi) is 3.27. The maximum atomic E-state index is 7.09. The van der Waals surface area contributed by atoms with E-state index in [1.54, 1.807) is 6.33 Å². The van der Waals surface area contributed by atoms with Gasteiger partial charge in [-0.15, -0.1) is 10.2 Å². The summed E-state index contributed by atoms with van der Waals surface area (Å²) in [5.41, 5.74) is 5.69. The number of fused-ring (bicyclic) bond motifs is 5. The molecule has 0 saturated carbocycles. The zero-order chi connectivity index (χ0) is 17.7. The second-order valence-corrected chi connectivity index (χ2v) is 6.84. The molecule has 7 heteroatoms. The van der Waals surface area contributed by atoms with Gasteiger partial charge < -0.3 is 4.57 Å². The van der Waals surface area contributed by atoms with E-state index in [0.29, 0.717) is 12.2 Å². The summed E-state index contributed by atoms with van der Waals surface area (Å²) >= 11 is 3.46. The van der Waals surface area contributed by atoms with E-state index < -0.39 is 0 Å². The SMILES string of the molecule is [C-]#[N+]c1ccc(-c2cc3n(c2)Cc2nc(Br)ccc2-n2cnnc2-3)cc1. The molecule has 1 aliphatic rings. The molecular weight excluding hydrogens is 392 g/mol. The Balaban J connectivity index is 1.68. The lowest BCUT2D eigenvalue weighted by molar-refractivity contribution is 0.788. The second-order valence-electron chi connectivity index (χ2n) is 6.02. The summed E-state index contributed by atoms with van der Waals surface area (Å²) in [6.07, 6.45) is 3.81. The van der Waals surface area contributed by atoms with Crippen LogP contribution in [0.5, 0.6) is 0 Å². The lowest BCUT2D eigenvalue weighted by Crippen LogP contribution is -2.03. The topological polar surface area (TPSA) is 52.9 Å². The molecule has 4 heterocycles. The lowest BCUT2D eigenvalue weighted by Gasteiger charge is -2.07. The summed E-state index contributed by atoms with van der Waals surface area (Å²) < 4.78 is 4.92. The summed E-state index contributed by atoms with van der Waals surface area (Å²) in [6.45, 7) is 7.74. The van der Waals surface area contributed by atoms with Gasteiger partial charge in [-0.3, -0.25) is 4.57 Å². The number of nitrogens with zero attached hydrogens (tertiary/aromatic N) is 6. The smallest absolute Gasteiger partial charge is 0.187 e. The molecule has 0 bridgehead atoms. The number of halogens is 1. The summed E-state index contributed by atoms with van der Waals surface area (Å²) in [5.74, 6) is 0.789. The minimum Gasteiger partial charge on any atom is -0.338 e. The predicted molar refractivity (Wildman–Crippen MR) is 101 cm³/mol.